The van der Waals surface area contributed by atoms with Crippen LogP contribution in [-0.4, -0.2) is 25.8 Å². The summed E-state index contributed by atoms with van der Waals surface area (Å²) in [5.41, 5.74) is 6.19. The Morgan fingerprint density at radius 1 is 1.50 bits per heavy atom. The van der Waals surface area contributed by atoms with Crippen LogP contribution in [0.15, 0.2) is 27.6 Å². The first-order valence-corrected chi connectivity index (χ1v) is 8.23. The van der Waals surface area contributed by atoms with Gasteiger partial charge < -0.3 is 5.73 Å². The molecule has 18 heavy (non-hydrogen) atoms. The predicted octanol–water partition coefficient (Wildman–Crippen LogP) is 2.45. The number of nitrogens with zero attached hydrogens (tertiary/aromatic N) is 1. The van der Waals surface area contributed by atoms with Crippen molar-refractivity contribution in [3.05, 3.63) is 22.7 Å². The normalized spacial score (nSPS) is 21.3. The molecule has 1 aromatic carbocycles. The SMILES string of the molecule is CCC1CCN(S(=O)(=O)c2ccc(Br)c(N)c2)C1. The molecule has 1 fully saturated rings. The van der Waals surface area contributed by atoms with Crippen molar-refractivity contribution in [3.63, 3.8) is 0 Å². The average Bonchev–Trinajstić information content (AvgIpc) is 2.81. The lowest BCUT2D eigenvalue weighted by Crippen LogP contribution is -2.28. The molecule has 0 amide bonds. The Morgan fingerprint density at radius 3 is 2.78 bits per heavy atom. The molecule has 1 aliphatic rings. The summed E-state index contributed by atoms with van der Waals surface area (Å²) in [5.74, 6) is 0.479. The largest absolute Gasteiger partial charge is 0.398 e. The van der Waals surface area contributed by atoms with Gasteiger partial charge in [-0.15, -0.1) is 0 Å². The van der Waals surface area contributed by atoms with Crippen LogP contribution < -0.4 is 5.73 Å². The number of benzene rings is 1. The molecule has 1 saturated heterocycles. The summed E-state index contributed by atoms with van der Waals surface area (Å²) in [6.07, 6.45) is 1.97. The van der Waals surface area contributed by atoms with E-state index in [0.717, 1.165) is 12.8 Å². The lowest BCUT2D eigenvalue weighted by molar-refractivity contribution is 0.453. The van der Waals surface area contributed by atoms with Crippen LogP contribution in [0.2, 0.25) is 0 Å². The molecule has 2 N–H and O–H groups in total. The molecule has 0 bridgehead atoms. The van der Waals surface area contributed by atoms with Gasteiger partial charge in [-0.2, -0.15) is 4.31 Å². The van der Waals surface area contributed by atoms with E-state index in [9.17, 15) is 8.42 Å². The molecule has 2 rings (SSSR count). The highest BCUT2D eigenvalue weighted by Crippen LogP contribution is 2.28. The van der Waals surface area contributed by atoms with Crippen molar-refractivity contribution < 1.29 is 8.42 Å². The summed E-state index contributed by atoms with van der Waals surface area (Å²) in [4.78, 5) is 0.278. The van der Waals surface area contributed by atoms with Gasteiger partial charge in [0.2, 0.25) is 10.0 Å². The zero-order valence-electron chi connectivity index (χ0n) is 10.3. The van der Waals surface area contributed by atoms with Crippen molar-refractivity contribution in [2.45, 2.75) is 24.7 Å². The first-order valence-electron chi connectivity index (χ1n) is 6.00. The summed E-state index contributed by atoms with van der Waals surface area (Å²) >= 11 is 3.27. The van der Waals surface area contributed by atoms with Crippen LogP contribution >= 0.6 is 15.9 Å². The molecule has 1 aliphatic heterocycles. The second-order valence-electron chi connectivity index (χ2n) is 4.61. The minimum Gasteiger partial charge on any atom is -0.398 e. The molecule has 0 radical (unpaired) electrons. The number of hydrogen-bond donors (Lipinski definition) is 1. The van der Waals surface area contributed by atoms with Crippen molar-refractivity contribution in [3.8, 4) is 0 Å². The third kappa shape index (κ3) is 2.55. The Hall–Kier alpha value is -0.590. The number of halogens is 1. The first-order chi connectivity index (χ1) is 8.45. The summed E-state index contributed by atoms with van der Waals surface area (Å²) in [7, 11) is -3.39. The van der Waals surface area contributed by atoms with Gasteiger partial charge in [-0.05, 0) is 46.5 Å². The molecule has 0 saturated carbocycles. The third-order valence-electron chi connectivity index (χ3n) is 3.43. The summed E-state index contributed by atoms with van der Waals surface area (Å²) in [6.45, 7) is 3.32. The van der Waals surface area contributed by atoms with Crippen molar-refractivity contribution in [1.29, 1.82) is 0 Å². The Bertz CT molecular complexity index is 545. The monoisotopic (exact) mass is 332 g/mol. The van der Waals surface area contributed by atoms with Crippen LogP contribution in [0.3, 0.4) is 0 Å². The Morgan fingerprint density at radius 2 is 2.22 bits per heavy atom. The molecule has 0 spiro atoms. The average molecular weight is 333 g/mol. The van der Waals surface area contributed by atoms with Gasteiger partial charge in [0.25, 0.3) is 0 Å². The van der Waals surface area contributed by atoms with Crippen molar-refractivity contribution >= 4 is 31.6 Å². The number of nitrogens with two attached hydrogens (primary N) is 1. The fraction of sp³-hybridized carbons (Fsp3) is 0.500. The van der Waals surface area contributed by atoms with Crippen LogP contribution in [0.25, 0.3) is 0 Å². The van der Waals surface area contributed by atoms with E-state index in [1.807, 2.05) is 0 Å². The fourth-order valence-electron chi connectivity index (χ4n) is 2.18. The van der Waals surface area contributed by atoms with Crippen LogP contribution in [0, 0.1) is 5.92 Å². The quantitative estimate of drug-likeness (QED) is 0.864. The van der Waals surface area contributed by atoms with E-state index in [1.165, 1.54) is 6.07 Å². The maximum Gasteiger partial charge on any atom is 0.243 e. The molecular formula is C12H17BrN2O2S. The smallest absolute Gasteiger partial charge is 0.243 e. The Kier molecular flexibility index (Phi) is 3.99. The highest BCUT2D eigenvalue weighted by atomic mass is 79.9. The summed E-state index contributed by atoms with van der Waals surface area (Å²) in [6, 6.07) is 4.78. The third-order valence-corrected chi connectivity index (χ3v) is 6.01. The predicted molar refractivity (Wildman–Crippen MR) is 75.7 cm³/mol. The van der Waals surface area contributed by atoms with E-state index in [1.54, 1.807) is 16.4 Å². The highest BCUT2D eigenvalue weighted by molar-refractivity contribution is 9.10. The lowest BCUT2D eigenvalue weighted by Gasteiger charge is -2.16. The van der Waals surface area contributed by atoms with Gasteiger partial charge >= 0.3 is 0 Å². The van der Waals surface area contributed by atoms with Gasteiger partial charge in [-0.1, -0.05) is 13.3 Å². The molecule has 100 valence electrons. The molecular weight excluding hydrogens is 316 g/mol. The fourth-order valence-corrected chi connectivity index (χ4v) is 3.99. The molecule has 1 atom stereocenters. The van der Waals surface area contributed by atoms with Gasteiger partial charge in [0, 0.05) is 23.2 Å². The van der Waals surface area contributed by atoms with Crippen molar-refractivity contribution in [2.75, 3.05) is 18.8 Å². The first kappa shape index (κ1) is 13.8. The van der Waals surface area contributed by atoms with Gasteiger partial charge in [0.05, 0.1) is 4.90 Å². The molecule has 0 aromatic heterocycles. The van der Waals surface area contributed by atoms with E-state index in [2.05, 4.69) is 22.9 Å². The molecule has 1 heterocycles. The highest BCUT2D eigenvalue weighted by Gasteiger charge is 2.31. The second kappa shape index (κ2) is 5.19. The molecule has 4 nitrogen and oxygen atoms in total. The Labute approximate surface area is 116 Å². The van der Waals surface area contributed by atoms with Crippen LogP contribution in [0.5, 0.6) is 0 Å². The molecule has 1 aromatic rings. The zero-order valence-corrected chi connectivity index (χ0v) is 12.7. The summed E-state index contributed by atoms with van der Waals surface area (Å²) in [5, 5.41) is 0. The number of hydrogen-bond acceptors (Lipinski definition) is 3. The number of rotatable bonds is 3. The van der Waals surface area contributed by atoms with E-state index >= 15 is 0 Å². The molecule has 0 aliphatic carbocycles. The minimum absolute atomic E-state index is 0.278. The Balaban J connectivity index is 2.28. The van der Waals surface area contributed by atoms with E-state index in [0.29, 0.717) is 29.2 Å². The van der Waals surface area contributed by atoms with Crippen molar-refractivity contribution in [2.24, 2.45) is 5.92 Å². The van der Waals surface area contributed by atoms with E-state index in [4.69, 9.17) is 5.73 Å². The summed E-state index contributed by atoms with van der Waals surface area (Å²) < 4.78 is 27.1. The van der Waals surface area contributed by atoms with Gasteiger partial charge in [-0.25, -0.2) is 8.42 Å². The number of sulfonamides is 1. The van der Waals surface area contributed by atoms with Gasteiger partial charge in [0.1, 0.15) is 0 Å². The zero-order chi connectivity index (χ0) is 13.3. The molecule has 6 heteroatoms. The number of nitrogen functional groups attached to an aromatic ring is 1. The topological polar surface area (TPSA) is 63.4 Å². The standard InChI is InChI=1S/C12H17BrN2O2S/c1-2-9-5-6-15(8-9)18(16,17)10-3-4-11(13)12(14)7-10/h3-4,7,9H,2,5-6,8,14H2,1H3. The second-order valence-corrected chi connectivity index (χ2v) is 7.40. The maximum atomic E-state index is 12.4. The minimum atomic E-state index is -3.39. The van der Waals surface area contributed by atoms with Gasteiger partial charge in [0.15, 0.2) is 0 Å². The lowest BCUT2D eigenvalue weighted by atomic mass is 10.1. The number of anilines is 1. The van der Waals surface area contributed by atoms with E-state index in [-0.39, 0.29) is 4.90 Å². The maximum absolute atomic E-state index is 12.4. The van der Waals surface area contributed by atoms with E-state index < -0.39 is 10.0 Å². The van der Waals surface area contributed by atoms with Crippen LogP contribution in [0.1, 0.15) is 19.8 Å². The van der Waals surface area contributed by atoms with Crippen molar-refractivity contribution in [1.82, 2.24) is 4.31 Å². The van der Waals surface area contributed by atoms with Gasteiger partial charge in [-0.3, -0.25) is 0 Å². The molecule has 1 unspecified atom stereocenters. The van der Waals surface area contributed by atoms with Crippen LogP contribution in [0.4, 0.5) is 5.69 Å². The van der Waals surface area contributed by atoms with Crippen LogP contribution in [-0.2, 0) is 10.0 Å².